The van der Waals surface area contributed by atoms with Gasteiger partial charge in [0.15, 0.2) is 0 Å². The molecule has 0 amide bonds. The molecule has 2 aromatic carbocycles. The quantitative estimate of drug-likeness (QED) is 0.663. The van der Waals surface area contributed by atoms with Crippen LogP contribution in [0, 0.1) is 12.7 Å². The maximum absolute atomic E-state index is 13.4. The number of hydrogen-bond acceptors (Lipinski definition) is 2. The van der Waals surface area contributed by atoms with E-state index < -0.39 is 0 Å². The summed E-state index contributed by atoms with van der Waals surface area (Å²) < 4.78 is 13.4. The Morgan fingerprint density at radius 3 is 2.74 bits per heavy atom. The van der Waals surface area contributed by atoms with Crippen LogP contribution in [0.25, 0.3) is 0 Å². The van der Waals surface area contributed by atoms with Crippen molar-refractivity contribution in [3.8, 4) is 0 Å². The Morgan fingerprint density at radius 1 is 1.26 bits per heavy atom. The molecule has 1 atom stereocenters. The topological polar surface area (TPSA) is 38.0 Å². The fourth-order valence-corrected chi connectivity index (χ4v) is 2.36. The van der Waals surface area contributed by atoms with Crippen LogP contribution in [0.5, 0.6) is 0 Å². The van der Waals surface area contributed by atoms with Crippen molar-refractivity contribution in [2.24, 2.45) is 5.84 Å². The van der Waals surface area contributed by atoms with Crippen LogP contribution in [-0.2, 0) is 6.42 Å². The monoisotopic (exact) mass is 278 g/mol. The van der Waals surface area contributed by atoms with E-state index in [1.54, 1.807) is 6.07 Å². The summed E-state index contributed by atoms with van der Waals surface area (Å²) in [5.41, 5.74) is 5.67. The zero-order valence-electron chi connectivity index (χ0n) is 10.7. The molecule has 0 heterocycles. The minimum Gasteiger partial charge on any atom is -0.271 e. The fourth-order valence-electron chi connectivity index (χ4n) is 2.15. The van der Waals surface area contributed by atoms with Crippen molar-refractivity contribution in [2.75, 3.05) is 0 Å². The zero-order valence-corrected chi connectivity index (χ0v) is 11.4. The number of hydrazine groups is 1. The molecule has 2 nitrogen and oxygen atoms in total. The fraction of sp³-hybridized carbons (Fsp3) is 0.200. The van der Waals surface area contributed by atoms with E-state index in [9.17, 15) is 4.39 Å². The van der Waals surface area contributed by atoms with Crippen LogP contribution < -0.4 is 11.3 Å². The van der Waals surface area contributed by atoms with E-state index in [2.05, 4.69) is 5.43 Å². The first kappa shape index (κ1) is 14.0. The van der Waals surface area contributed by atoms with Crippen molar-refractivity contribution >= 4 is 11.6 Å². The lowest BCUT2D eigenvalue weighted by molar-refractivity contribution is 0.541. The first-order valence-corrected chi connectivity index (χ1v) is 6.44. The van der Waals surface area contributed by atoms with Gasteiger partial charge >= 0.3 is 0 Å². The van der Waals surface area contributed by atoms with Crippen molar-refractivity contribution in [2.45, 2.75) is 19.4 Å². The Bertz CT molecular complexity index is 572. The molecule has 0 aliphatic rings. The van der Waals surface area contributed by atoms with Gasteiger partial charge in [0.25, 0.3) is 0 Å². The molecular formula is C15H16ClFN2. The largest absolute Gasteiger partial charge is 0.271 e. The molecule has 0 bridgehead atoms. The lowest BCUT2D eigenvalue weighted by Gasteiger charge is -2.19. The summed E-state index contributed by atoms with van der Waals surface area (Å²) in [5, 5.41) is 0.684. The molecule has 100 valence electrons. The highest BCUT2D eigenvalue weighted by atomic mass is 35.5. The summed E-state index contributed by atoms with van der Waals surface area (Å²) in [4.78, 5) is 0. The molecule has 0 aromatic heterocycles. The first-order valence-electron chi connectivity index (χ1n) is 6.07. The zero-order chi connectivity index (χ0) is 13.8. The third kappa shape index (κ3) is 3.53. The average molecular weight is 279 g/mol. The number of nitrogens with one attached hydrogen (secondary N) is 1. The van der Waals surface area contributed by atoms with Gasteiger partial charge in [-0.25, -0.2) is 4.39 Å². The molecule has 2 aromatic rings. The minimum absolute atomic E-state index is 0.144. The van der Waals surface area contributed by atoms with Gasteiger partial charge in [0.1, 0.15) is 5.82 Å². The van der Waals surface area contributed by atoms with Gasteiger partial charge in [-0.1, -0.05) is 29.8 Å². The molecule has 0 spiro atoms. The third-order valence-corrected chi connectivity index (χ3v) is 3.38. The maximum Gasteiger partial charge on any atom is 0.123 e. The number of hydrogen-bond donors (Lipinski definition) is 2. The van der Waals surface area contributed by atoms with Crippen molar-refractivity contribution < 1.29 is 4.39 Å². The number of nitrogens with two attached hydrogens (primary N) is 1. The van der Waals surface area contributed by atoms with Crippen molar-refractivity contribution in [3.63, 3.8) is 0 Å². The Morgan fingerprint density at radius 2 is 2.05 bits per heavy atom. The van der Waals surface area contributed by atoms with Gasteiger partial charge in [0, 0.05) is 5.02 Å². The summed E-state index contributed by atoms with van der Waals surface area (Å²) in [6, 6.07) is 12.2. The number of halogens is 2. The van der Waals surface area contributed by atoms with Gasteiger partial charge in [-0.15, -0.1) is 0 Å². The van der Waals surface area contributed by atoms with Gasteiger partial charge in [-0.05, 0) is 54.3 Å². The molecule has 0 radical (unpaired) electrons. The van der Waals surface area contributed by atoms with Crippen LogP contribution in [0.1, 0.15) is 22.7 Å². The second kappa shape index (κ2) is 6.15. The van der Waals surface area contributed by atoms with Gasteiger partial charge in [0.2, 0.25) is 0 Å². The lowest BCUT2D eigenvalue weighted by atomic mass is 9.96. The van der Waals surface area contributed by atoms with E-state index in [0.29, 0.717) is 11.4 Å². The smallest absolute Gasteiger partial charge is 0.123 e. The molecular weight excluding hydrogens is 263 g/mol. The predicted molar refractivity (Wildman–Crippen MR) is 76.4 cm³/mol. The summed E-state index contributed by atoms with van der Waals surface area (Å²) >= 11 is 5.96. The van der Waals surface area contributed by atoms with Crippen LogP contribution in [0.2, 0.25) is 5.02 Å². The highest BCUT2D eigenvalue weighted by Gasteiger charge is 2.14. The Labute approximate surface area is 117 Å². The second-order valence-corrected chi connectivity index (χ2v) is 4.99. The number of benzene rings is 2. The second-order valence-electron chi connectivity index (χ2n) is 4.55. The molecule has 0 saturated carbocycles. The molecule has 0 saturated heterocycles. The van der Waals surface area contributed by atoms with Crippen LogP contribution in [0.3, 0.4) is 0 Å². The molecule has 2 rings (SSSR count). The summed E-state index contributed by atoms with van der Waals surface area (Å²) in [5.74, 6) is 5.35. The Hall–Kier alpha value is -1.42. The van der Waals surface area contributed by atoms with E-state index in [1.165, 1.54) is 12.1 Å². The molecule has 0 aliphatic heterocycles. The highest BCUT2D eigenvalue weighted by molar-refractivity contribution is 6.30. The summed E-state index contributed by atoms with van der Waals surface area (Å²) in [7, 11) is 0. The van der Waals surface area contributed by atoms with E-state index in [4.69, 9.17) is 17.4 Å². The maximum atomic E-state index is 13.4. The Kier molecular flexibility index (Phi) is 4.53. The SMILES string of the molecule is Cc1ccc(F)cc1C(Cc1cccc(Cl)c1)NN. The van der Waals surface area contributed by atoms with E-state index in [-0.39, 0.29) is 11.9 Å². The van der Waals surface area contributed by atoms with E-state index in [1.807, 2.05) is 31.2 Å². The molecule has 3 N–H and O–H groups in total. The van der Waals surface area contributed by atoms with Crippen molar-refractivity contribution in [3.05, 3.63) is 70.0 Å². The highest BCUT2D eigenvalue weighted by Crippen LogP contribution is 2.23. The molecule has 0 aliphatic carbocycles. The third-order valence-electron chi connectivity index (χ3n) is 3.15. The molecule has 1 unspecified atom stereocenters. The minimum atomic E-state index is -0.257. The lowest BCUT2D eigenvalue weighted by Crippen LogP contribution is -2.30. The van der Waals surface area contributed by atoms with E-state index >= 15 is 0 Å². The molecule has 4 heteroatoms. The number of rotatable bonds is 4. The predicted octanol–water partition coefficient (Wildman–Crippen LogP) is 3.53. The first-order chi connectivity index (χ1) is 9.10. The average Bonchev–Trinajstić information content (AvgIpc) is 2.39. The molecule has 0 fully saturated rings. The van der Waals surface area contributed by atoms with Crippen molar-refractivity contribution in [1.82, 2.24) is 5.43 Å². The molecule has 19 heavy (non-hydrogen) atoms. The van der Waals surface area contributed by atoms with Gasteiger partial charge < -0.3 is 0 Å². The van der Waals surface area contributed by atoms with Crippen molar-refractivity contribution in [1.29, 1.82) is 0 Å². The Balaban J connectivity index is 2.27. The van der Waals surface area contributed by atoms with Crippen LogP contribution in [-0.4, -0.2) is 0 Å². The standard InChI is InChI=1S/C15H16ClFN2/c1-10-5-6-13(17)9-14(10)15(19-18)8-11-3-2-4-12(16)7-11/h2-7,9,15,19H,8,18H2,1H3. The van der Waals surface area contributed by atoms with Crippen LogP contribution in [0.4, 0.5) is 4.39 Å². The normalized spacial score (nSPS) is 12.4. The summed E-state index contributed by atoms with van der Waals surface area (Å²) in [6.07, 6.45) is 0.654. The van der Waals surface area contributed by atoms with Crippen LogP contribution >= 0.6 is 11.6 Å². The van der Waals surface area contributed by atoms with E-state index in [0.717, 1.165) is 16.7 Å². The van der Waals surface area contributed by atoms with Gasteiger partial charge in [-0.2, -0.15) is 0 Å². The van der Waals surface area contributed by atoms with Crippen LogP contribution in [0.15, 0.2) is 42.5 Å². The van der Waals surface area contributed by atoms with Gasteiger partial charge in [0.05, 0.1) is 6.04 Å². The number of aryl methyl sites for hydroxylation is 1. The summed E-state index contributed by atoms with van der Waals surface area (Å²) in [6.45, 7) is 1.94. The van der Waals surface area contributed by atoms with Gasteiger partial charge in [-0.3, -0.25) is 11.3 Å².